The van der Waals surface area contributed by atoms with E-state index in [1.54, 1.807) is 0 Å². The van der Waals surface area contributed by atoms with Crippen LogP contribution in [0.5, 0.6) is 0 Å². The lowest BCUT2D eigenvalue weighted by Gasteiger charge is -2.47. The molecule has 3 saturated heterocycles. The monoisotopic (exact) mass is 337 g/mol. The van der Waals surface area contributed by atoms with Crippen LogP contribution >= 0.6 is 0 Å². The molecule has 24 heavy (non-hydrogen) atoms. The van der Waals surface area contributed by atoms with Gasteiger partial charge in [-0.05, 0) is 24.7 Å². The molecule has 3 amide bonds. The molecule has 0 aromatic heterocycles. The molecule has 3 heterocycles. The van der Waals surface area contributed by atoms with Gasteiger partial charge in [-0.25, -0.2) is 0 Å². The Kier molecular flexibility index (Phi) is 4.47. The second kappa shape index (κ2) is 6.41. The quantitative estimate of drug-likeness (QED) is 0.718. The summed E-state index contributed by atoms with van der Waals surface area (Å²) in [6.45, 7) is 1.85. The van der Waals surface area contributed by atoms with Crippen LogP contribution in [-0.4, -0.2) is 71.3 Å². The van der Waals surface area contributed by atoms with Crippen LogP contribution in [0.3, 0.4) is 0 Å². The third-order valence-corrected chi connectivity index (χ3v) is 5.54. The Hall–Kier alpha value is -2.12. The van der Waals surface area contributed by atoms with E-state index in [1.165, 1.54) is 4.90 Å². The highest BCUT2D eigenvalue weighted by atomic mass is 16.4. The van der Waals surface area contributed by atoms with E-state index in [0.29, 0.717) is 32.6 Å². The van der Waals surface area contributed by atoms with Gasteiger partial charge in [0.05, 0.1) is 5.92 Å². The van der Waals surface area contributed by atoms with Crippen molar-refractivity contribution in [1.82, 2.24) is 15.1 Å². The molecule has 2 N–H and O–H groups in total. The fourth-order valence-electron chi connectivity index (χ4n) is 4.06. The molecule has 8 heteroatoms. The number of hydrogen-bond acceptors (Lipinski definition) is 4. The van der Waals surface area contributed by atoms with Crippen LogP contribution in [0.25, 0.3) is 0 Å². The molecular formula is C16H23N3O5. The number of amides is 3. The third kappa shape index (κ3) is 3.37. The van der Waals surface area contributed by atoms with Gasteiger partial charge < -0.3 is 20.2 Å². The Balaban J connectivity index is 1.57. The SMILES string of the molecule is O=C(O)CN1CC2(CCC1=O)CCN(C(=O)[C@H]1CNC(=O)C1)CC2. The molecule has 3 aliphatic heterocycles. The number of carbonyl (C=O) groups excluding carboxylic acids is 3. The van der Waals surface area contributed by atoms with Crippen molar-refractivity contribution >= 4 is 23.7 Å². The molecule has 0 radical (unpaired) electrons. The summed E-state index contributed by atoms with van der Waals surface area (Å²) >= 11 is 0. The van der Waals surface area contributed by atoms with Gasteiger partial charge >= 0.3 is 5.97 Å². The first-order chi connectivity index (χ1) is 11.4. The summed E-state index contributed by atoms with van der Waals surface area (Å²) in [4.78, 5) is 49.8. The van der Waals surface area contributed by atoms with Crippen LogP contribution in [-0.2, 0) is 19.2 Å². The van der Waals surface area contributed by atoms with Gasteiger partial charge in [-0.1, -0.05) is 0 Å². The molecule has 0 saturated carbocycles. The van der Waals surface area contributed by atoms with E-state index in [4.69, 9.17) is 5.11 Å². The van der Waals surface area contributed by atoms with Crippen LogP contribution < -0.4 is 5.32 Å². The van der Waals surface area contributed by atoms with Crippen molar-refractivity contribution in [3.8, 4) is 0 Å². The van der Waals surface area contributed by atoms with Crippen LogP contribution in [0.1, 0.15) is 32.1 Å². The fraction of sp³-hybridized carbons (Fsp3) is 0.750. The van der Waals surface area contributed by atoms with Crippen LogP contribution in [0, 0.1) is 11.3 Å². The normalized spacial score (nSPS) is 26.6. The summed E-state index contributed by atoms with van der Waals surface area (Å²) in [5, 5.41) is 11.6. The van der Waals surface area contributed by atoms with Gasteiger partial charge in [0.2, 0.25) is 17.7 Å². The minimum Gasteiger partial charge on any atom is -0.480 e. The van der Waals surface area contributed by atoms with Crippen LogP contribution in [0.4, 0.5) is 0 Å². The lowest BCUT2D eigenvalue weighted by molar-refractivity contribution is -0.150. The second-order valence-corrected chi connectivity index (χ2v) is 7.17. The molecule has 1 spiro atoms. The number of piperidine rings is 2. The van der Waals surface area contributed by atoms with Crippen molar-refractivity contribution in [2.45, 2.75) is 32.1 Å². The minimum absolute atomic E-state index is 0.0254. The number of likely N-dealkylation sites (tertiary alicyclic amines) is 2. The van der Waals surface area contributed by atoms with Crippen LogP contribution in [0.15, 0.2) is 0 Å². The van der Waals surface area contributed by atoms with Crippen molar-refractivity contribution in [3.05, 3.63) is 0 Å². The van der Waals surface area contributed by atoms with E-state index < -0.39 is 5.97 Å². The molecule has 0 aromatic carbocycles. The number of carbonyl (C=O) groups is 4. The fourth-order valence-corrected chi connectivity index (χ4v) is 4.06. The van der Waals surface area contributed by atoms with E-state index in [9.17, 15) is 19.2 Å². The average Bonchev–Trinajstić information content (AvgIpc) is 2.97. The van der Waals surface area contributed by atoms with Gasteiger partial charge in [0, 0.05) is 39.0 Å². The van der Waals surface area contributed by atoms with Crippen molar-refractivity contribution in [1.29, 1.82) is 0 Å². The summed E-state index contributed by atoms with van der Waals surface area (Å²) in [5.74, 6) is -1.40. The number of carboxylic acids is 1. The zero-order valence-corrected chi connectivity index (χ0v) is 13.6. The molecule has 132 valence electrons. The first-order valence-electron chi connectivity index (χ1n) is 8.44. The molecule has 0 aliphatic carbocycles. The molecule has 0 unspecified atom stereocenters. The van der Waals surface area contributed by atoms with Gasteiger partial charge in [0.1, 0.15) is 6.54 Å². The molecule has 1 atom stereocenters. The van der Waals surface area contributed by atoms with Crippen LogP contribution in [0.2, 0.25) is 0 Å². The van der Waals surface area contributed by atoms with Crippen molar-refractivity contribution in [2.24, 2.45) is 11.3 Å². The summed E-state index contributed by atoms with van der Waals surface area (Å²) in [7, 11) is 0. The lowest BCUT2D eigenvalue weighted by atomic mass is 9.72. The molecule has 0 aromatic rings. The van der Waals surface area contributed by atoms with E-state index in [0.717, 1.165) is 19.3 Å². The van der Waals surface area contributed by atoms with E-state index >= 15 is 0 Å². The largest absolute Gasteiger partial charge is 0.480 e. The Bertz CT molecular complexity index is 568. The maximum absolute atomic E-state index is 12.5. The highest BCUT2D eigenvalue weighted by Crippen LogP contribution is 2.40. The highest BCUT2D eigenvalue weighted by molar-refractivity contribution is 5.89. The first-order valence-corrected chi connectivity index (χ1v) is 8.44. The van der Waals surface area contributed by atoms with Gasteiger partial charge in [0.25, 0.3) is 0 Å². The van der Waals surface area contributed by atoms with Gasteiger partial charge in [-0.3, -0.25) is 19.2 Å². The molecule has 3 rings (SSSR count). The Morgan fingerprint density at radius 2 is 1.92 bits per heavy atom. The number of hydrogen-bond donors (Lipinski definition) is 2. The number of nitrogens with one attached hydrogen (secondary N) is 1. The Morgan fingerprint density at radius 3 is 2.50 bits per heavy atom. The smallest absolute Gasteiger partial charge is 0.323 e. The van der Waals surface area contributed by atoms with E-state index in [-0.39, 0.29) is 42.0 Å². The maximum atomic E-state index is 12.5. The van der Waals surface area contributed by atoms with Gasteiger partial charge in [0.15, 0.2) is 0 Å². The standard InChI is InChI=1S/C16H23N3O5/c20-12-7-11(8-17-12)15(24)18-5-3-16(4-6-18)2-1-13(21)19(10-16)9-14(22)23/h11H,1-10H2,(H,17,20)(H,22,23)/t11-/m1/s1. The molecule has 3 aliphatic rings. The van der Waals surface area contributed by atoms with Crippen molar-refractivity contribution in [3.63, 3.8) is 0 Å². The summed E-state index contributed by atoms with van der Waals surface area (Å²) in [6, 6.07) is 0. The summed E-state index contributed by atoms with van der Waals surface area (Å²) < 4.78 is 0. The lowest BCUT2D eigenvalue weighted by Crippen LogP contribution is -2.54. The number of nitrogens with zero attached hydrogens (tertiary/aromatic N) is 2. The zero-order chi connectivity index (χ0) is 17.3. The number of aliphatic carboxylic acids is 1. The predicted molar refractivity (Wildman–Crippen MR) is 82.8 cm³/mol. The number of rotatable bonds is 3. The Morgan fingerprint density at radius 1 is 1.21 bits per heavy atom. The molecule has 0 bridgehead atoms. The van der Waals surface area contributed by atoms with Gasteiger partial charge in [-0.2, -0.15) is 0 Å². The average molecular weight is 337 g/mol. The second-order valence-electron chi connectivity index (χ2n) is 7.17. The minimum atomic E-state index is -0.994. The summed E-state index contributed by atoms with van der Waals surface area (Å²) in [5.41, 5.74) is -0.0795. The number of carboxylic acid groups (broad SMARTS) is 1. The molecule has 8 nitrogen and oxygen atoms in total. The third-order valence-electron chi connectivity index (χ3n) is 5.54. The van der Waals surface area contributed by atoms with E-state index in [1.807, 2.05) is 4.90 Å². The van der Waals surface area contributed by atoms with E-state index in [2.05, 4.69) is 5.32 Å². The van der Waals surface area contributed by atoms with Crippen molar-refractivity contribution in [2.75, 3.05) is 32.7 Å². The highest BCUT2D eigenvalue weighted by Gasteiger charge is 2.43. The van der Waals surface area contributed by atoms with Crippen molar-refractivity contribution < 1.29 is 24.3 Å². The topological polar surface area (TPSA) is 107 Å². The first kappa shape index (κ1) is 16.7. The van der Waals surface area contributed by atoms with Gasteiger partial charge in [-0.15, -0.1) is 0 Å². The Labute approximate surface area is 140 Å². The molecular weight excluding hydrogens is 314 g/mol. The zero-order valence-electron chi connectivity index (χ0n) is 13.6. The predicted octanol–water partition coefficient (Wildman–Crippen LogP) is -0.562. The maximum Gasteiger partial charge on any atom is 0.323 e. The summed E-state index contributed by atoms with van der Waals surface area (Å²) in [6.07, 6.45) is 2.95. The molecule has 3 fully saturated rings.